The largest absolute Gasteiger partial charge is 0.392 e. The molecule has 0 saturated carbocycles. The molecule has 1 atom stereocenters. The Kier molecular flexibility index (Phi) is 10.4. The number of carbonyl (C=O) groups excluding carboxylic acids is 3. The lowest BCUT2D eigenvalue weighted by Gasteiger charge is -2.18. The van der Waals surface area contributed by atoms with E-state index in [-0.39, 0.29) is 30.9 Å². The van der Waals surface area contributed by atoms with E-state index < -0.39 is 6.04 Å². The second-order valence-corrected chi connectivity index (χ2v) is 7.38. The van der Waals surface area contributed by atoms with Crippen LogP contribution in [0.15, 0.2) is 48.5 Å². The van der Waals surface area contributed by atoms with Gasteiger partial charge in [-0.05, 0) is 61.6 Å². The van der Waals surface area contributed by atoms with Gasteiger partial charge in [0.05, 0.1) is 13.2 Å². The fourth-order valence-corrected chi connectivity index (χ4v) is 3.11. The highest BCUT2D eigenvalue weighted by atomic mass is 16.3. The van der Waals surface area contributed by atoms with Gasteiger partial charge >= 0.3 is 0 Å². The molecule has 8 heteroatoms. The smallest absolute Gasteiger partial charge is 0.251 e. The third kappa shape index (κ3) is 7.79. The van der Waals surface area contributed by atoms with Gasteiger partial charge in [0.1, 0.15) is 6.04 Å². The summed E-state index contributed by atoms with van der Waals surface area (Å²) >= 11 is 0. The van der Waals surface area contributed by atoms with Crippen LogP contribution in [0.2, 0.25) is 0 Å². The Labute approximate surface area is 188 Å². The van der Waals surface area contributed by atoms with Crippen LogP contribution >= 0.6 is 0 Å². The summed E-state index contributed by atoms with van der Waals surface area (Å²) in [4.78, 5) is 37.1. The maximum absolute atomic E-state index is 12.5. The third-order valence-electron chi connectivity index (χ3n) is 4.98. The molecule has 0 radical (unpaired) electrons. The summed E-state index contributed by atoms with van der Waals surface area (Å²) in [5.41, 5.74) is 2.37. The van der Waals surface area contributed by atoms with Crippen LogP contribution in [0.3, 0.4) is 0 Å². The topological polar surface area (TPSA) is 128 Å². The second-order valence-electron chi connectivity index (χ2n) is 7.38. The lowest BCUT2D eigenvalue weighted by molar-refractivity contribution is -0.123. The number of nitrogens with one attached hydrogen (secondary N) is 3. The van der Waals surface area contributed by atoms with E-state index in [2.05, 4.69) is 16.0 Å². The molecule has 0 aliphatic heterocycles. The van der Waals surface area contributed by atoms with Crippen molar-refractivity contribution in [3.05, 3.63) is 70.8 Å². The van der Waals surface area contributed by atoms with E-state index in [0.29, 0.717) is 49.0 Å². The Bertz CT molecular complexity index is 882. The zero-order valence-electron chi connectivity index (χ0n) is 18.3. The van der Waals surface area contributed by atoms with Gasteiger partial charge in [-0.25, -0.2) is 0 Å². The molecule has 0 fully saturated rings. The summed E-state index contributed by atoms with van der Waals surface area (Å²) in [6.07, 6.45) is 1.72. The number of aliphatic hydroxyl groups is 2. The van der Waals surface area contributed by atoms with Gasteiger partial charge in [-0.1, -0.05) is 24.3 Å². The molecular formula is C24H31N3O5. The number of amides is 3. The van der Waals surface area contributed by atoms with Crippen LogP contribution in [0.4, 0.5) is 0 Å². The first-order valence-electron chi connectivity index (χ1n) is 10.7. The zero-order valence-corrected chi connectivity index (χ0v) is 18.3. The molecule has 2 aromatic rings. The minimum atomic E-state index is -0.679. The summed E-state index contributed by atoms with van der Waals surface area (Å²) < 4.78 is 0. The molecule has 0 spiro atoms. The third-order valence-corrected chi connectivity index (χ3v) is 4.98. The Hall–Kier alpha value is -3.23. The van der Waals surface area contributed by atoms with E-state index in [1.165, 1.54) is 0 Å². The number of likely N-dealkylation sites (N-methyl/N-ethyl adjacent to an activating group) is 1. The molecule has 8 nitrogen and oxygen atoms in total. The van der Waals surface area contributed by atoms with Gasteiger partial charge in [0.2, 0.25) is 5.91 Å². The average Bonchev–Trinajstić information content (AvgIpc) is 2.83. The summed E-state index contributed by atoms with van der Waals surface area (Å²) in [6.45, 7) is 2.54. The normalized spacial score (nSPS) is 11.5. The van der Waals surface area contributed by atoms with Crippen molar-refractivity contribution in [2.45, 2.75) is 45.4 Å². The highest BCUT2D eigenvalue weighted by Gasteiger charge is 2.20. The standard InChI is InChI=1S/C24H31N3O5/c1-2-25-24(32)21(27-23(31)20-12-8-18(16-29)9-13-20)5-3-4-14-26-22(30)19-10-6-17(15-28)7-11-19/h6-13,21,28-29H,2-5,14-16H2,1H3,(H,25,32)(H,26,30)(H,27,31). The maximum atomic E-state index is 12.5. The molecule has 172 valence electrons. The van der Waals surface area contributed by atoms with Gasteiger partial charge in [0.15, 0.2) is 0 Å². The van der Waals surface area contributed by atoms with E-state index in [1.807, 2.05) is 6.92 Å². The van der Waals surface area contributed by atoms with Gasteiger partial charge in [-0.15, -0.1) is 0 Å². The Balaban J connectivity index is 1.82. The van der Waals surface area contributed by atoms with Gasteiger partial charge in [-0.3, -0.25) is 14.4 Å². The minimum Gasteiger partial charge on any atom is -0.392 e. The molecule has 2 rings (SSSR count). The van der Waals surface area contributed by atoms with Crippen LogP contribution in [0, 0.1) is 0 Å². The van der Waals surface area contributed by atoms with Crippen LogP contribution in [-0.2, 0) is 18.0 Å². The minimum absolute atomic E-state index is 0.0703. The molecule has 3 amide bonds. The van der Waals surface area contributed by atoms with Gasteiger partial charge in [-0.2, -0.15) is 0 Å². The summed E-state index contributed by atoms with van der Waals surface area (Å²) in [5.74, 6) is -0.805. The van der Waals surface area contributed by atoms with Crippen molar-refractivity contribution in [1.29, 1.82) is 0 Å². The Morgan fingerprint density at radius 2 is 1.31 bits per heavy atom. The van der Waals surface area contributed by atoms with E-state index in [0.717, 1.165) is 5.56 Å². The van der Waals surface area contributed by atoms with E-state index >= 15 is 0 Å². The van der Waals surface area contributed by atoms with Crippen LogP contribution in [-0.4, -0.2) is 47.1 Å². The lowest BCUT2D eigenvalue weighted by Crippen LogP contribution is -2.46. The molecule has 0 saturated heterocycles. The number of hydrogen-bond acceptors (Lipinski definition) is 5. The van der Waals surface area contributed by atoms with E-state index in [4.69, 9.17) is 10.2 Å². The molecule has 0 aliphatic rings. The van der Waals surface area contributed by atoms with E-state index in [1.54, 1.807) is 48.5 Å². The van der Waals surface area contributed by atoms with Crippen molar-refractivity contribution in [2.24, 2.45) is 0 Å². The summed E-state index contributed by atoms with van der Waals surface area (Å²) in [5, 5.41) is 26.5. The molecule has 2 aromatic carbocycles. The Morgan fingerprint density at radius 3 is 1.81 bits per heavy atom. The molecule has 1 unspecified atom stereocenters. The number of unbranched alkanes of at least 4 members (excludes halogenated alkanes) is 1. The molecule has 0 aromatic heterocycles. The predicted octanol–water partition coefficient (Wildman–Crippen LogP) is 1.51. The predicted molar refractivity (Wildman–Crippen MR) is 121 cm³/mol. The zero-order chi connectivity index (χ0) is 23.3. The van der Waals surface area contributed by atoms with Crippen LogP contribution in [0.25, 0.3) is 0 Å². The molecular weight excluding hydrogens is 410 g/mol. The van der Waals surface area contributed by atoms with Crippen molar-refractivity contribution in [2.75, 3.05) is 13.1 Å². The van der Waals surface area contributed by atoms with E-state index in [9.17, 15) is 14.4 Å². The van der Waals surface area contributed by atoms with Crippen molar-refractivity contribution in [3.63, 3.8) is 0 Å². The number of rotatable bonds is 12. The number of hydrogen-bond donors (Lipinski definition) is 5. The fourth-order valence-electron chi connectivity index (χ4n) is 3.11. The van der Waals surface area contributed by atoms with Crippen molar-refractivity contribution < 1.29 is 24.6 Å². The first-order valence-corrected chi connectivity index (χ1v) is 10.7. The highest BCUT2D eigenvalue weighted by Crippen LogP contribution is 2.08. The fraction of sp³-hybridized carbons (Fsp3) is 0.375. The maximum Gasteiger partial charge on any atom is 0.251 e. The summed E-state index contributed by atoms with van der Waals surface area (Å²) in [6, 6.07) is 12.6. The summed E-state index contributed by atoms with van der Waals surface area (Å²) in [7, 11) is 0. The van der Waals surface area contributed by atoms with Crippen molar-refractivity contribution >= 4 is 17.7 Å². The quantitative estimate of drug-likeness (QED) is 0.319. The monoisotopic (exact) mass is 441 g/mol. The average molecular weight is 442 g/mol. The first kappa shape index (κ1) is 25.0. The lowest BCUT2D eigenvalue weighted by atomic mass is 10.1. The van der Waals surface area contributed by atoms with Crippen LogP contribution in [0.1, 0.15) is 58.0 Å². The van der Waals surface area contributed by atoms with Gasteiger partial charge in [0, 0.05) is 24.2 Å². The molecule has 0 bridgehead atoms. The van der Waals surface area contributed by atoms with Crippen LogP contribution in [0.5, 0.6) is 0 Å². The van der Waals surface area contributed by atoms with Crippen LogP contribution < -0.4 is 16.0 Å². The van der Waals surface area contributed by atoms with Gasteiger partial charge < -0.3 is 26.2 Å². The van der Waals surface area contributed by atoms with Crippen molar-refractivity contribution in [1.82, 2.24) is 16.0 Å². The number of carbonyl (C=O) groups is 3. The second kappa shape index (κ2) is 13.2. The molecule has 0 heterocycles. The number of benzene rings is 2. The highest BCUT2D eigenvalue weighted by molar-refractivity contribution is 5.97. The molecule has 0 aliphatic carbocycles. The SMILES string of the molecule is CCNC(=O)C(CCCCNC(=O)c1ccc(CO)cc1)NC(=O)c1ccc(CO)cc1. The van der Waals surface area contributed by atoms with Gasteiger partial charge in [0.25, 0.3) is 11.8 Å². The Morgan fingerprint density at radius 1 is 0.781 bits per heavy atom. The number of aliphatic hydroxyl groups excluding tert-OH is 2. The van der Waals surface area contributed by atoms with Crippen molar-refractivity contribution in [3.8, 4) is 0 Å². The molecule has 5 N–H and O–H groups in total. The molecule has 32 heavy (non-hydrogen) atoms. The first-order chi connectivity index (χ1) is 15.5.